The van der Waals surface area contributed by atoms with Gasteiger partial charge in [0.1, 0.15) is 0 Å². The van der Waals surface area contributed by atoms with Gasteiger partial charge in [0.15, 0.2) is 0 Å². The summed E-state index contributed by atoms with van der Waals surface area (Å²) in [6.45, 7) is 4.86. The molecule has 0 saturated carbocycles. The molecule has 1 aromatic carbocycles. The first-order valence-corrected chi connectivity index (χ1v) is 10.9. The van der Waals surface area contributed by atoms with Crippen LogP contribution in [-0.4, -0.2) is 71.4 Å². The minimum Gasteiger partial charge on any atom is -0.379 e. The number of nitrogens with zero attached hydrogens (tertiary/aromatic N) is 2. The van der Waals surface area contributed by atoms with Crippen LogP contribution in [0.4, 0.5) is 5.69 Å². The van der Waals surface area contributed by atoms with Crippen molar-refractivity contribution in [3.05, 3.63) is 29.3 Å². The average molecular weight is 404 g/mol. The summed E-state index contributed by atoms with van der Waals surface area (Å²) in [6.07, 6.45) is 1.86. The number of rotatable bonds is 9. The lowest BCUT2D eigenvalue weighted by Crippen LogP contribution is -2.41. The molecule has 1 heterocycles. The van der Waals surface area contributed by atoms with Crippen LogP contribution in [0.15, 0.2) is 24.3 Å². The predicted molar refractivity (Wildman–Crippen MR) is 103 cm³/mol. The second-order valence-electron chi connectivity index (χ2n) is 6.22. The van der Waals surface area contributed by atoms with Crippen molar-refractivity contribution in [2.45, 2.75) is 12.8 Å². The molecule has 1 aliphatic heterocycles. The van der Waals surface area contributed by atoms with Gasteiger partial charge in [-0.1, -0.05) is 17.7 Å². The van der Waals surface area contributed by atoms with E-state index in [1.807, 2.05) is 0 Å². The fourth-order valence-corrected chi connectivity index (χ4v) is 3.91. The Kier molecular flexibility index (Phi) is 8.15. The van der Waals surface area contributed by atoms with Gasteiger partial charge in [-0.25, -0.2) is 8.42 Å². The number of benzene rings is 1. The number of sulfonamides is 1. The van der Waals surface area contributed by atoms with Crippen LogP contribution in [0.2, 0.25) is 5.02 Å². The molecule has 0 aliphatic carbocycles. The highest BCUT2D eigenvalue weighted by molar-refractivity contribution is 7.92. The first kappa shape index (κ1) is 21.0. The van der Waals surface area contributed by atoms with Gasteiger partial charge in [0.05, 0.1) is 25.2 Å². The average Bonchev–Trinajstić information content (AvgIpc) is 2.58. The van der Waals surface area contributed by atoms with E-state index in [4.69, 9.17) is 16.3 Å². The van der Waals surface area contributed by atoms with Gasteiger partial charge in [-0.2, -0.15) is 0 Å². The maximum atomic E-state index is 12.0. The second kappa shape index (κ2) is 10.1. The van der Waals surface area contributed by atoms with Crippen LogP contribution in [0.3, 0.4) is 0 Å². The van der Waals surface area contributed by atoms with Crippen LogP contribution >= 0.6 is 11.6 Å². The number of halogens is 1. The monoisotopic (exact) mass is 403 g/mol. The van der Waals surface area contributed by atoms with Crippen LogP contribution < -0.4 is 9.62 Å². The third-order valence-electron chi connectivity index (χ3n) is 4.12. The summed E-state index contributed by atoms with van der Waals surface area (Å²) < 4.78 is 30.6. The molecule has 0 bridgehead atoms. The number of morpholine rings is 1. The molecule has 9 heteroatoms. The van der Waals surface area contributed by atoms with E-state index in [0.29, 0.717) is 23.7 Å². The molecular weight excluding hydrogens is 378 g/mol. The molecule has 1 fully saturated rings. The molecule has 1 aliphatic rings. The number of hydrogen-bond donors (Lipinski definition) is 1. The van der Waals surface area contributed by atoms with Gasteiger partial charge in [0, 0.05) is 44.2 Å². The Morgan fingerprint density at radius 3 is 2.73 bits per heavy atom. The number of carbonyl (C=O) groups is 1. The first-order valence-electron chi connectivity index (χ1n) is 8.66. The Morgan fingerprint density at radius 2 is 2.08 bits per heavy atom. The van der Waals surface area contributed by atoms with Gasteiger partial charge in [-0.3, -0.25) is 14.0 Å². The first-order chi connectivity index (χ1) is 12.4. The smallest absolute Gasteiger partial charge is 0.232 e. The largest absolute Gasteiger partial charge is 0.379 e. The fourth-order valence-electron chi connectivity index (χ4n) is 2.77. The number of nitrogens with one attached hydrogen (secondary N) is 1. The summed E-state index contributed by atoms with van der Waals surface area (Å²) in [7, 11) is -3.44. The maximum Gasteiger partial charge on any atom is 0.232 e. The van der Waals surface area contributed by atoms with E-state index in [2.05, 4.69) is 10.2 Å². The second-order valence-corrected chi connectivity index (χ2v) is 8.57. The fraction of sp³-hybridized carbons (Fsp3) is 0.588. The minimum absolute atomic E-state index is 0.0715. The highest BCUT2D eigenvalue weighted by atomic mass is 35.5. The summed E-state index contributed by atoms with van der Waals surface area (Å²) in [6, 6.07) is 6.68. The topological polar surface area (TPSA) is 79.0 Å². The van der Waals surface area contributed by atoms with E-state index in [9.17, 15) is 13.2 Å². The lowest BCUT2D eigenvalue weighted by molar-refractivity contribution is -0.121. The zero-order valence-corrected chi connectivity index (χ0v) is 16.6. The van der Waals surface area contributed by atoms with Gasteiger partial charge in [0.2, 0.25) is 15.9 Å². The molecule has 0 unspecified atom stereocenters. The van der Waals surface area contributed by atoms with Crippen LogP contribution in [-0.2, 0) is 19.6 Å². The quantitative estimate of drug-likeness (QED) is 0.673. The van der Waals surface area contributed by atoms with Crippen molar-refractivity contribution < 1.29 is 17.9 Å². The molecule has 26 heavy (non-hydrogen) atoms. The van der Waals surface area contributed by atoms with E-state index in [-0.39, 0.29) is 18.9 Å². The third kappa shape index (κ3) is 7.11. The van der Waals surface area contributed by atoms with Crippen LogP contribution in [0.1, 0.15) is 12.8 Å². The number of amides is 1. The van der Waals surface area contributed by atoms with E-state index >= 15 is 0 Å². The molecule has 7 nitrogen and oxygen atoms in total. The molecule has 1 saturated heterocycles. The highest BCUT2D eigenvalue weighted by Crippen LogP contribution is 2.22. The Hall–Kier alpha value is -1.35. The Labute approximate surface area is 160 Å². The molecule has 2 rings (SSSR count). The maximum absolute atomic E-state index is 12.0. The summed E-state index contributed by atoms with van der Waals surface area (Å²) in [5.74, 6) is -0.0715. The van der Waals surface area contributed by atoms with Crippen LogP contribution in [0.25, 0.3) is 0 Å². The van der Waals surface area contributed by atoms with E-state index in [1.165, 1.54) is 4.31 Å². The SMILES string of the molecule is CS(=O)(=O)N(CCCC(=O)NCCN1CCOCC1)c1cccc(Cl)c1. The number of carbonyl (C=O) groups excluding carboxylic acids is 1. The van der Waals surface area contributed by atoms with Crippen molar-refractivity contribution in [1.82, 2.24) is 10.2 Å². The normalized spacial score (nSPS) is 15.6. The zero-order valence-electron chi connectivity index (χ0n) is 15.0. The molecule has 0 atom stereocenters. The molecule has 1 aromatic rings. The molecular formula is C17H26ClN3O4S. The summed E-state index contributed by atoms with van der Waals surface area (Å²) in [4.78, 5) is 14.2. The minimum atomic E-state index is -3.44. The van der Waals surface area contributed by atoms with Gasteiger partial charge in [-0.05, 0) is 24.6 Å². The van der Waals surface area contributed by atoms with E-state index in [1.54, 1.807) is 24.3 Å². The van der Waals surface area contributed by atoms with Gasteiger partial charge < -0.3 is 10.1 Å². The molecule has 146 valence electrons. The molecule has 1 N–H and O–H groups in total. The summed E-state index contributed by atoms with van der Waals surface area (Å²) in [5.41, 5.74) is 0.507. The van der Waals surface area contributed by atoms with Crippen LogP contribution in [0.5, 0.6) is 0 Å². The number of anilines is 1. The molecule has 0 spiro atoms. The lowest BCUT2D eigenvalue weighted by atomic mass is 10.2. The van der Waals surface area contributed by atoms with Crippen molar-refractivity contribution in [3.8, 4) is 0 Å². The Balaban J connectivity index is 1.75. The molecule has 0 radical (unpaired) electrons. The van der Waals surface area contributed by atoms with Crippen molar-refractivity contribution in [3.63, 3.8) is 0 Å². The van der Waals surface area contributed by atoms with Gasteiger partial charge >= 0.3 is 0 Å². The predicted octanol–water partition coefficient (Wildman–Crippen LogP) is 1.33. The summed E-state index contributed by atoms with van der Waals surface area (Å²) >= 11 is 5.95. The highest BCUT2D eigenvalue weighted by Gasteiger charge is 2.18. The van der Waals surface area contributed by atoms with Crippen molar-refractivity contribution >= 4 is 33.2 Å². The summed E-state index contributed by atoms with van der Waals surface area (Å²) in [5, 5.41) is 3.35. The van der Waals surface area contributed by atoms with Crippen LogP contribution in [0, 0.1) is 0 Å². The zero-order chi connectivity index (χ0) is 19.0. The van der Waals surface area contributed by atoms with Gasteiger partial charge in [0.25, 0.3) is 0 Å². The standard InChI is InChI=1S/C17H26ClN3O4S/c1-26(23,24)21(16-5-2-4-15(18)14-16)8-3-6-17(22)19-7-9-20-10-12-25-13-11-20/h2,4-5,14H,3,6-13H2,1H3,(H,19,22). The van der Waals surface area contributed by atoms with E-state index < -0.39 is 10.0 Å². The third-order valence-corrected chi connectivity index (χ3v) is 5.54. The molecule has 1 amide bonds. The Bertz CT molecular complexity index is 693. The van der Waals surface area contributed by atoms with Crippen molar-refractivity contribution in [1.29, 1.82) is 0 Å². The van der Waals surface area contributed by atoms with E-state index in [0.717, 1.165) is 39.1 Å². The van der Waals surface area contributed by atoms with Crippen molar-refractivity contribution in [2.75, 3.05) is 56.5 Å². The lowest BCUT2D eigenvalue weighted by Gasteiger charge is -2.26. The van der Waals surface area contributed by atoms with Crippen molar-refractivity contribution in [2.24, 2.45) is 0 Å². The number of ether oxygens (including phenoxy) is 1. The van der Waals surface area contributed by atoms with Gasteiger partial charge in [-0.15, -0.1) is 0 Å². The number of hydrogen-bond acceptors (Lipinski definition) is 5. The Morgan fingerprint density at radius 1 is 1.35 bits per heavy atom. The molecule has 0 aromatic heterocycles.